The number of carbonyl (C=O) groups is 1. The standard InChI is InChI=1S/C23H24F3N3O/c1-3-28(4-2)13-14-29-21(15-27-22(29)16-30)19-7-5-17(6-8-19)18-9-11-20(12-10-18)23(24,25)26/h5-12,15-16H,3-4,13-14H2,1-2H3. The van der Waals surface area contributed by atoms with Gasteiger partial charge in [0.15, 0.2) is 12.1 Å². The molecule has 0 aliphatic rings. The average molecular weight is 415 g/mol. The summed E-state index contributed by atoms with van der Waals surface area (Å²) in [7, 11) is 0. The maximum absolute atomic E-state index is 12.8. The number of carbonyl (C=O) groups excluding carboxylic acids is 1. The number of hydrogen-bond acceptors (Lipinski definition) is 3. The van der Waals surface area contributed by atoms with Crippen LogP contribution in [-0.2, 0) is 12.7 Å². The highest BCUT2D eigenvalue weighted by Gasteiger charge is 2.29. The van der Waals surface area contributed by atoms with Crippen LogP contribution in [0.4, 0.5) is 13.2 Å². The summed E-state index contributed by atoms with van der Waals surface area (Å²) in [5.74, 6) is 0.379. The van der Waals surface area contributed by atoms with Crippen LogP contribution in [0.2, 0.25) is 0 Å². The summed E-state index contributed by atoms with van der Waals surface area (Å²) in [6.07, 6.45) is -1.91. The Labute approximate surface area is 174 Å². The third kappa shape index (κ3) is 4.79. The van der Waals surface area contributed by atoms with Crippen molar-refractivity contribution < 1.29 is 18.0 Å². The molecule has 7 heteroatoms. The van der Waals surface area contributed by atoms with Crippen molar-refractivity contribution in [1.29, 1.82) is 0 Å². The van der Waals surface area contributed by atoms with E-state index in [9.17, 15) is 18.0 Å². The number of nitrogens with zero attached hydrogens (tertiary/aromatic N) is 3. The molecule has 0 saturated heterocycles. The molecule has 0 atom stereocenters. The molecule has 0 N–H and O–H groups in total. The van der Waals surface area contributed by atoms with Gasteiger partial charge in [0.1, 0.15) is 0 Å². The predicted molar refractivity (Wildman–Crippen MR) is 111 cm³/mol. The molecule has 0 spiro atoms. The Balaban J connectivity index is 1.84. The lowest BCUT2D eigenvalue weighted by molar-refractivity contribution is -0.137. The third-order valence-corrected chi connectivity index (χ3v) is 5.25. The summed E-state index contributed by atoms with van der Waals surface area (Å²) in [5, 5.41) is 0. The first kappa shape index (κ1) is 21.8. The smallest absolute Gasteiger partial charge is 0.320 e. The van der Waals surface area contributed by atoms with Gasteiger partial charge in [-0.2, -0.15) is 13.2 Å². The van der Waals surface area contributed by atoms with Crippen LogP contribution < -0.4 is 0 Å². The molecule has 3 rings (SSSR count). The fraction of sp³-hybridized carbons (Fsp3) is 0.304. The zero-order chi connectivity index (χ0) is 21.7. The summed E-state index contributed by atoms with van der Waals surface area (Å²) in [4.78, 5) is 17.9. The van der Waals surface area contributed by atoms with Gasteiger partial charge in [-0.3, -0.25) is 4.79 Å². The van der Waals surface area contributed by atoms with Crippen LogP contribution >= 0.6 is 0 Å². The molecule has 0 radical (unpaired) electrons. The van der Waals surface area contributed by atoms with Crippen molar-refractivity contribution in [2.75, 3.05) is 19.6 Å². The molecule has 3 aromatic rings. The van der Waals surface area contributed by atoms with Crippen LogP contribution in [0.1, 0.15) is 30.0 Å². The van der Waals surface area contributed by atoms with Gasteiger partial charge in [0, 0.05) is 13.1 Å². The van der Waals surface area contributed by atoms with E-state index in [1.54, 1.807) is 6.20 Å². The lowest BCUT2D eigenvalue weighted by atomic mass is 10.0. The molecule has 0 aliphatic carbocycles. The van der Waals surface area contributed by atoms with Gasteiger partial charge in [0.25, 0.3) is 0 Å². The molecule has 0 amide bonds. The molecule has 0 fully saturated rings. The lowest BCUT2D eigenvalue weighted by Gasteiger charge is -2.19. The maximum atomic E-state index is 12.8. The number of alkyl halides is 3. The van der Waals surface area contributed by atoms with Gasteiger partial charge in [-0.25, -0.2) is 4.98 Å². The van der Waals surface area contributed by atoms with Crippen LogP contribution in [0.15, 0.2) is 54.7 Å². The van der Waals surface area contributed by atoms with Crippen molar-refractivity contribution in [3.05, 3.63) is 66.1 Å². The number of aromatic nitrogens is 2. The van der Waals surface area contributed by atoms with Crippen LogP contribution in [0.5, 0.6) is 0 Å². The first-order valence-corrected chi connectivity index (χ1v) is 9.88. The summed E-state index contributed by atoms with van der Waals surface area (Å²) < 4.78 is 40.2. The largest absolute Gasteiger partial charge is 0.416 e. The Morgan fingerprint density at radius 3 is 1.97 bits per heavy atom. The zero-order valence-corrected chi connectivity index (χ0v) is 17.0. The van der Waals surface area contributed by atoms with Crippen LogP contribution in [0.25, 0.3) is 22.4 Å². The van der Waals surface area contributed by atoms with Gasteiger partial charge in [0.05, 0.1) is 17.5 Å². The number of hydrogen-bond donors (Lipinski definition) is 0. The molecule has 2 aromatic carbocycles. The first-order valence-electron chi connectivity index (χ1n) is 9.88. The highest BCUT2D eigenvalue weighted by Crippen LogP contribution is 2.31. The number of likely N-dealkylation sites (N-methyl/N-ethyl adjacent to an activating group) is 1. The van der Waals surface area contributed by atoms with Crippen LogP contribution in [-0.4, -0.2) is 40.4 Å². The molecule has 1 aromatic heterocycles. The van der Waals surface area contributed by atoms with E-state index >= 15 is 0 Å². The molecule has 1 heterocycles. The minimum Gasteiger partial charge on any atom is -0.320 e. The van der Waals surface area contributed by atoms with Gasteiger partial charge in [-0.05, 0) is 41.9 Å². The summed E-state index contributed by atoms with van der Waals surface area (Å²) in [6.45, 7) is 7.50. The summed E-state index contributed by atoms with van der Waals surface area (Å²) in [6, 6.07) is 12.6. The van der Waals surface area contributed by atoms with E-state index in [1.807, 2.05) is 28.8 Å². The molecule has 158 valence electrons. The fourth-order valence-corrected chi connectivity index (χ4v) is 3.42. The monoisotopic (exact) mass is 415 g/mol. The van der Waals surface area contributed by atoms with E-state index < -0.39 is 11.7 Å². The Kier molecular flexibility index (Phi) is 6.72. The van der Waals surface area contributed by atoms with Crippen molar-refractivity contribution >= 4 is 6.29 Å². The molecule has 0 unspecified atom stereocenters. The minimum absolute atomic E-state index is 0.379. The minimum atomic E-state index is -4.35. The molecule has 30 heavy (non-hydrogen) atoms. The van der Waals surface area contributed by atoms with Crippen molar-refractivity contribution in [2.24, 2.45) is 0 Å². The van der Waals surface area contributed by atoms with E-state index in [4.69, 9.17) is 0 Å². The zero-order valence-electron chi connectivity index (χ0n) is 17.0. The second-order valence-electron chi connectivity index (χ2n) is 6.95. The molecule has 4 nitrogen and oxygen atoms in total. The van der Waals surface area contributed by atoms with Crippen molar-refractivity contribution in [3.8, 4) is 22.4 Å². The van der Waals surface area contributed by atoms with Gasteiger partial charge >= 0.3 is 6.18 Å². The van der Waals surface area contributed by atoms with E-state index in [0.717, 1.165) is 54.9 Å². The Morgan fingerprint density at radius 2 is 1.47 bits per heavy atom. The van der Waals surface area contributed by atoms with Crippen LogP contribution in [0.3, 0.4) is 0 Å². The highest BCUT2D eigenvalue weighted by molar-refractivity contribution is 5.74. The first-order chi connectivity index (χ1) is 14.4. The topological polar surface area (TPSA) is 38.1 Å². The number of imidazole rings is 1. The molecular weight excluding hydrogens is 391 g/mol. The van der Waals surface area contributed by atoms with Crippen molar-refractivity contribution in [2.45, 2.75) is 26.6 Å². The molecule has 0 bridgehead atoms. The Hall–Kier alpha value is -2.93. The second kappa shape index (κ2) is 9.26. The number of benzene rings is 2. The van der Waals surface area contributed by atoms with Gasteiger partial charge in [-0.1, -0.05) is 50.2 Å². The van der Waals surface area contributed by atoms with E-state index in [2.05, 4.69) is 23.7 Å². The molecule has 0 saturated carbocycles. The van der Waals surface area contributed by atoms with E-state index in [1.165, 1.54) is 12.1 Å². The quantitative estimate of drug-likeness (QED) is 0.463. The number of halogens is 3. The predicted octanol–water partition coefficient (Wildman–Crippen LogP) is 5.39. The number of rotatable bonds is 8. The van der Waals surface area contributed by atoms with Gasteiger partial charge in [-0.15, -0.1) is 0 Å². The lowest BCUT2D eigenvalue weighted by Crippen LogP contribution is -2.27. The normalized spacial score (nSPS) is 11.8. The molecular formula is C23H24F3N3O. The summed E-state index contributed by atoms with van der Waals surface area (Å²) in [5.41, 5.74) is 2.59. The van der Waals surface area contributed by atoms with E-state index in [0.29, 0.717) is 17.9 Å². The number of aldehydes is 1. The third-order valence-electron chi connectivity index (χ3n) is 5.25. The van der Waals surface area contributed by atoms with Gasteiger partial charge < -0.3 is 9.47 Å². The van der Waals surface area contributed by atoms with Crippen molar-refractivity contribution in [1.82, 2.24) is 14.5 Å². The maximum Gasteiger partial charge on any atom is 0.416 e. The SMILES string of the molecule is CCN(CC)CCn1c(-c2ccc(-c3ccc(C(F)(F)F)cc3)cc2)cnc1C=O. The second-order valence-corrected chi connectivity index (χ2v) is 6.95. The Bertz CT molecular complexity index is 972. The van der Waals surface area contributed by atoms with Crippen molar-refractivity contribution in [3.63, 3.8) is 0 Å². The van der Waals surface area contributed by atoms with Gasteiger partial charge in [0.2, 0.25) is 0 Å². The average Bonchev–Trinajstić information content (AvgIpc) is 3.17. The van der Waals surface area contributed by atoms with E-state index in [-0.39, 0.29) is 0 Å². The molecule has 0 aliphatic heterocycles. The Morgan fingerprint density at radius 1 is 0.933 bits per heavy atom. The summed E-state index contributed by atoms with van der Waals surface area (Å²) >= 11 is 0. The fourth-order valence-electron chi connectivity index (χ4n) is 3.42. The van der Waals surface area contributed by atoms with Crippen LogP contribution in [0, 0.1) is 0 Å². The highest BCUT2D eigenvalue weighted by atomic mass is 19.4.